The molecule has 3 rings (SSSR count). The van der Waals surface area contributed by atoms with Gasteiger partial charge in [0, 0.05) is 11.2 Å². The van der Waals surface area contributed by atoms with Gasteiger partial charge in [-0.15, -0.1) is 5.10 Å². The average Bonchev–Trinajstić information content (AvgIpc) is 3.03. The summed E-state index contributed by atoms with van der Waals surface area (Å²) >= 11 is 11.8. The number of halogens is 2. The van der Waals surface area contributed by atoms with Gasteiger partial charge in [-0.3, -0.25) is 4.98 Å². The first-order valence-electron chi connectivity index (χ1n) is 7.18. The van der Waals surface area contributed by atoms with Crippen LogP contribution in [0.5, 0.6) is 5.75 Å². The molecule has 0 fully saturated rings. The Morgan fingerprint density at radius 2 is 2.04 bits per heavy atom. The van der Waals surface area contributed by atoms with Crippen LogP contribution in [0.2, 0.25) is 10.0 Å². The minimum atomic E-state index is -0.768. The molecule has 6 nitrogen and oxygen atoms in total. The normalized spacial score (nSPS) is 12.1. The molecule has 2 aromatic heterocycles. The largest absolute Gasteiger partial charge is 0.489 e. The van der Waals surface area contributed by atoms with Crippen molar-refractivity contribution in [2.45, 2.75) is 12.6 Å². The second-order valence-corrected chi connectivity index (χ2v) is 5.89. The van der Waals surface area contributed by atoms with Crippen LogP contribution >= 0.6 is 23.2 Å². The van der Waals surface area contributed by atoms with E-state index >= 15 is 0 Å². The standard InChI is InChI=1S/C16H14Cl2N4O2/c17-11-4-5-15(13(18)7-11)24-9-12(23)8-22-10-20-16(21-22)14-3-1-2-6-19-14/h1-7,10,12,23H,8-9H2. The Bertz CT molecular complexity index is 811. The monoisotopic (exact) mass is 364 g/mol. The lowest BCUT2D eigenvalue weighted by molar-refractivity contribution is 0.0893. The summed E-state index contributed by atoms with van der Waals surface area (Å²) in [6.07, 6.45) is 2.45. The zero-order valence-electron chi connectivity index (χ0n) is 12.5. The van der Waals surface area contributed by atoms with Gasteiger partial charge in [0.2, 0.25) is 0 Å². The fraction of sp³-hybridized carbons (Fsp3) is 0.188. The quantitative estimate of drug-likeness (QED) is 0.727. The highest BCUT2D eigenvalue weighted by Crippen LogP contribution is 2.27. The first-order chi connectivity index (χ1) is 11.6. The van der Waals surface area contributed by atoms with Crippen LogP contribution in [0.1, 0.15) is 0 Å². The number of hydrogen-bond donors (Lipinski definition) is 1. The minimum absolute atomic E-state index is 0.0696. The summed E-state index contributed by atoms with van der Waals surface area (Å²) in [5, 5.41) is 15.3. The molecule has 0 aliphatic rings. The summed E-state index contributed by atoms with van der Waals surface area (Å²) in [4.78, 5) is 8.37. The van der Waals surface area contributed by atoms with E-state index in [9.17, 15) is 5.11 Å². The van der Waals surface area contributed by atoms with Gasteiger partial charge in [-0.2, -0.15) is 0 Å². The Kier molecular flexibility index (Phi) is 5.30. The van der Waals surface area contributed by atoms with Crippen LogP contribution in [0.4, 0.5) is 0 Å². The Balaban J connectivity index is 1.57. The molecule has 1 N–H and O–H groups in total. The van der Waals surface area contributed by atoms with Gasteiger partial charge >= 0.3 is 0 Å². The van der Waals surface area contributed by atoms with Crippen molar-refractivity contribution < 1.29 is 9.84 Å². The van der Waals surface area contributed by atoms with Crippen LogP contribution in [0.15, 0.2) is 48.9 Å². The van der Waals surface area contributed by atoms with E-state index in [2.05, 4.69) is 15.1 Å². The molecule has 124 valence electrons. The van der Waals surface area contributed by atoms with Gasteiger partial charge < -0.3 is 9.84 Å². The van der Waals surface area contributed by atoms with Gasteiger partial charge in [-0.25, -0.2) is 9.67 Å². The van der Waals surface area contributed by atoms with Gasteiger partial charge in [0.1, 0.15) is 30.5 Å². The van der Waals surface area contributed by atoms with E-state index in [0.29, 0.717) is 27.3 Å². The van der Waals surface area contributed by atoms with Crippen molar-refractivity contribution in [3.63, 3.8) is 0 Å². The highest BCUT2D eigenvalue weighted by atomic mass is 35.5. The van der Waals surface area contributed by atoms with E-state index in [1.165, 1.54) is 0 Å². The molecule has 0 saturated heterocycles. The molecule has 1 unspecified atom stereocenters. The van der Waals surface area contributed by atoms with E-state index in [1.807, 2.05) is 18.2 Å². The summed E-state index contributed by atoms with van der Waals surface area (Å²) in [6, 6.07) is 10.4. The van der Waals surface area contributed by atoms with Gasteiger partial charge in [-0.1, -0.05) is 29.3 Å². The smallest absolute Gasteiger partial charge is 0.199 e. The first kappa shape index (κ1) is 16.7. The molecular weight excluding hydrogens is 351 g/mol. The number of nitrogens with zero attached hydrogens (tertiary/aromatic N) is 4. The number of ether oxygens (including phenoxy) is 1. The van der Waals surface area contributed by atoms with Gasteiger partial charge in [0.25, 0.3) is 0 Å². The third kappa shape index (κ3) is 4.23. The zero-order valence-corrected chi connectivity index (χ0v) is 14.0. The van der Waals surface area contributed by atoms with E-state index in [4.69, 9.17) is 27.9 Å². The lowest BCUT2D eigenvalue weighted by atomic mass is 10.3. The summed E-state index contributed by atoms with van der Waals surface area (Å²) in [6.45, 7) is 0.311. The molecule has 0 spiro atoms. The van der Waals surface area contributed by atoms with Crippen LogP contribution < -0.4 is 4.74 Å². The maximum Gasteiger partial charge on any atom is 0.199 e. The van der Waals surface area contributed by atoms with Crippen LogP contribution in [0, 0.1) is 0 Å². The van der Waals surface area contributed by atoms with E-state index < -0.39 is 6.10 Å². The predicted octanol–water partition coefficient (Wildman–Crippen LogP) is 3.09. The topological polar surface area (TPSA) is 73.1 Å². The number of pyridine rings is 1. The number of aliphatic hydroxyl groups is 1. The Labute approximate surface area is 148 Å². The molecule has 0 radical (unpaired) electrons. The molecule has 0 aliphatic carbocycles. The molecular formula is C16H14Cl2N4O2. The Hall–Kier alpha value is -2.15. The predicted molar refractivity (Wildman–Crippen MR) is 91.2 cm³/mol. The molecule has 2 heterocycles. The number of aliphatic hydroxyl groups excluding tert-OH is 1. The molecule has 8 heteroatoms. The Morgan fingerprint density at radius 1 is 1.17 bits per heavy atom. The van der Waals surface area contributed by atoms with Crippen LogP contribution in [-0.4, -0.2) is 37.6 Å². The van der Waals surface area contributed by atoms with Crippen LogP contribution in [0.25, 0.3) is 11.5 Å². The third-order valence-corrected chi connectivity index (χ3v) is 3.68. The second kappa shape index (κ2) is 7.61. The van der Waals surface area contributed by atoms with Crippen molar-refractivity contribution in [2.24, 2.45) is 0 Å². The number of rotatable bonds is 6. The zero-order chi connectivity index (χ0) is 16.9. The van der Waals surface area contributed by atoms with E-state index in [1.54, 1.807) is 35.4 Å². The summed E-state index contributed by atoms with van der Waals surface area (Å²) in [5.74, 6) is 0.970. The molecule has 1 aromatic carbocycles. The molecule has 0 aliphatic heterocycles. The molecule has 0 bridgehead atoms. The first-order valence-corrected chi connectivity index (χ1v) is 7.94. The maximum absolute atomic E-state index is 10.1. The van der Waals surface area contributed by atoms with Gasteiger partial charge in [0.15, 0.2) is 5.82 Å². The highest BCUT2D eigenvalue weighted by molar-refractivity contribution is 6.35. The van der Waals surface area contributed by atoms with Gasteiger partial charge in [0.05, 0.1) is 11.6 Å². The van der Waals surface area contributed by atoms with Crippen molar-refractivity contribution in [1.29, 1.82) is 0 Å². The van der Waals surface area contributed by atoms with E-state index in [-0.39, 0.29) is 13.2 Å². The van der Waals surface area contributed by atoms with Crippen LogP contribution in [0.3, 0.4) is 0 Å². The molecule has 24 heavy (non-hydrogen) atoms. The van der Waals surface area contributed by atoms with E-state index in [0.717, 1.165) is 0 Å². The SMILES string of the molecule is OC(COc1ccc(Cl)cc1Cl)Cn1cnc(-c2ccccn2)n1. The van der Waals surface area contributed by atoms with Crippen molar-refractivity contribution in [2.75, 3.05) is 6.61 Å². The highest BCUT2D eigenvalue weighted by Gasteiger charge is 2.11. The Morgan fingerprint density at radius 3 is 2.79 bits per heavy atom. The lowest BCUT2D eigenvalue weighted by Gasteiger charge is -2.13. The van der Waals surface area contributed by atoms with Gasteiger partial charge in [-0.05, 0) is 30.3 Å². The molecule has 0 amide bonds. The summed E-state index contributed by atoms with van der Waals surface area (Å²) in [5.41, 5.74) is 0.676. The average molecular weight is 365 g/mol. The fourth-order valence-electron chi connectivity index (χ4n) is 2.04. The second-order valence-electron chi connectivity index (χ2n) is 5.04. The van der Waals surface area contributed by atoms with Crippen molar-refractivity contribution in [1.82, 2.24) is 19.7 Å². The molecule has 0 saturated carbocycles. The van der Waals surface area contributed by atoms with Crippen molar-refractivity contribution in [3.05, 3.63) is 59.0 Å². The lowest BCUT2D eigenvalue weighted by Crippen LogP contribution is -2.24. The van der Waals surface area contributed by atoms with Crippen LogP contribution in [-0.2, 0) is 6.54 Å². The third-order valence-electron chi connectivity index (χ3n) is 3.15. The molecule has 3 aromatic rings. The maximum atomic E-state index is 10.1. The number of hydrogen-bond acceptors (Lipinski definition) is 5. The number of benzene rings is 1. The van der Waals surface area contributed by atoms with Crippen molar-refractivity contribution >= 4 is 23.2 Å². The summed E-state index contributed by atoms with van der Waals surface area (Å²) in [7, 11) is 0. The molecule has 1 atom stereocenters. The number of aromatic nitrogens is 4. The summed E-state index contributed by atoms with van der Waals surface area (Å²) < 4.78 is 7.05. The fourth-order valence-corrected chi connectivity index (χ4v) is 2.50. The minimum Gasteiger partial charge on any atom is -0.489 e. The van der Waals surface area contributed by atoms with Crippen molar-refractivity contribution in [3.8, 4) is 17.3 Å².